The quantitative estimate of drug-likeness (QED) is 0.271. The van der Waals surface area contributed by atoms with Crippen LogP contribution in [0.3, 0.4) is 0 Å². The Bertz CT molecular complexity index is 1630. The minimum Gasteiger partial charge on any atom is -0.358 e. The molecule has 0 aromatic heterocycles. The lowest BCUT2D eigenvalue weighted by Crippen LogP contribution is -2.28. The van der Waals surface area contributed by atoms with Crippen LogP contribution < -0.4 is 8.37 Å². The second-order valence-electron chi connectivity index (χ2n) is 8.93. The van der Waals surface area contributed by atoms with Gasteiger partial charge in [0.05, 0.1) is 5.41 Å². The molecule has 4 aromatic carbocycles. The van der Waals surface area contributed by atoms with Crippen molar-refractivity contribution in [1.82, 2.24) is 0 Å². The standard InChI is InChI=1S/C27H18F2O6S2/c28-36(30,31)34-21-13-9-19(10-14-21)27(20-11-15-22(16-12-20)35-37(29,32)33)23-5-1-3-17-7-8-18-4-2-6-24(27)26(18)25(17)23/h1-6,9-16H,7-8H2. The van der Waals surface area contributed by atoms with Gasteiger partial charge in [-0.1, -0.05) is 68.4 Å². The van der Waals surface area contributed by atoms with E-state index in [1.54, 1.807) is 24.3 Å². The monoisotopic (exact) mass is 540 g/mol. The molecular formula is C27H18F2O6S2. The Morgan fingerprint density at radius 2 is 0.946 bits per heavy atom. The average Bonchev–Trinajstić information content (AvgIpc) is 3.14. The van der Waals surface area contributed by atoms with Gasteiger partial charge in [-0.2, -0.15) is 16.8 Å². The Morgan fingerprint density at radius 3 is 1.30 bits per heavy atom. The lowest BCUT2D eigenvalue weighted by Gasteiger charge is -2.34. The van der Waals surface area contributed by atoms with Crippen LogP contribution >= 0.6 is 0 Å². The van der Waals surface area contributed by atoms with Gasteiger partial charge < -0.3 is 8.37 Å². The summed E-state index contributed by atoms with van der Waals surface area (Å²) in [5.41, 5.74) is 7.24. The van der Waals surface area contributed by atoms with Crippen LogP contribution in [-0.4, -0.2) is 16.8 Å². The molecule has 0 N–H and O–H groups in total. The first-order chi connectivity index (χ1) is 17.6. The van der Waals surface area contributed by atoms with Gasteiger partial charge in [-0.3, -0.25) is 0 Å². The van der Waals surface area contributed by atoms with E-state index in [1.807, 2.05) is 24.3 Å². The molecule has 0 bridgehead atoms. The molecule has 37 heavy (non-hydrogen) atoms. The summed E-state index contributed by atoms with van der Waals surface area (Å²) in [5.74, 6) is -0.355. The van der Waals surface area contributed by atoms with E-state index < -0.39 is 26.4 Å². The van der Waals surface area contributed by atoms with Crippen molar-refractivity contribution in [1.29, 1.82) is 0 Å². The number of aryl methyl sites for hydroxylation is 2. The molecule has 0 radical (unpaired) electrons. The van der Waals surface area contributed by atoms with E-state index in [4.69, 9.17) is 0 Å². The Morgan fingerprint density at radius 1 is 0.568 bits per heavy atom. The van der Waals surface area contributed by atoms with Gasteiger partial charge in [-0.05, 0) is 81.6 Å². The first-order valence-corrected chi connectivity index (χ1v) is 13.9. The van der Waals surface area contributed by atoms with Crippen LogP contribution in [0.4, 0.5) is 7.77 Å². The van der Waals surface area contributed by atoms with Gasteiger partial charge in [-0.25, -0.2) is 0 Å². The van der Waals surface area contributed by atoms with Crippen LogP contribution in [0.2, 0.25) is 0 Å². The first kappa shape index (κ1) is 23.6. The maximum atomic E-state index is 13.1. The zero-order chi connectivity index (χ0) is 26.0. The fraction of sp³-hybridized carbons (Fsp3) is 0.111. The molecule has 0 amide bonds. The molecule has 0 atom stereocenters. The molecule has 10 heteroatoms. The Labute approximate surface area is 213 Å². The third-order valence-electron chi connectivity index (χ3n) is 6.99. The van der Waals surface area contributed by atoms with Gasteiger partial charge in [0.25, 0.3) is 0 Å². The smallest absolute Gasteiger partial charge is 0.358 e. The number of hydrogen-bond donors (Lipinski definition) is 0. The summed E-state index contributed by atoms with van der Waals surface area (Å²) in [7, 11) is -10.4. The number of halogens is 2. The van der Waals surface area contributed by atoms with Crippen molar-refractivity contribution in [3.8, 4) is 22.6 Å². The summed E-state index contributed by atoms with van der Waals surface area (Å²) in [5, 5.41) is 0. The largest absolute Gasteiger partial charge is 0.488 e. The van der Waals surface area contributed by atoms with E-state index in [9.17, 15) is 24.6 Å². The third kappa shape index (κ3) is 3.87. The number of hydrogen-bond acceptors (Lipinski definition) is 6. The molecule has 0 fully saturated rings. The molecule has 0 heterocycles. The molecule has 0 saturated heterocycles. The van der Waals surface area contributed by atoms with Crippen LogP contribution in [0, 0.1) is 0 Å². The van der Waals surface area contributed by atoms with Gasteiger partial charge in [0.15, 0.2) is 0 Å². The molecule has 2 aliphatic rings. The van der Waals surface area contributed by atoms with Crippen molar-refractivity contribution >= 4 is 21.0 Å². The topological polar surface area (TPSA) is 86.7 Å². The predicted molar refractivity (Wildman–Crippen MR) is 132 cm³/mol. The highest BCUT2D eigenvalue weighted by atomic mass is 32.3. The van der Waals surface area contributed by atoms with E-state index in [1.165, 1.54) is 35.4 Å². The fourth-order valence-corrected chi connectivity index (χ4v) is 6.47. The lowest BCUT2D eigenvalue weighted by atomic mass is 9.67. The summed E-state index contributed by atoms with van der Waals surface area (Å²) in [6.45, 7) is 0. The Kier molecular flexibility index (Phi) is 5.19. The molecule has 4 aromatic rings. The second kappa shape index (κ2) is 8.12. The van der Waals surface area contributed by atoms with Gasteiger partial charge in [-0.15, -0.1) is 0 Å². The highest BCUT2D eigenvalue weighted by molar-refractivity contribution is 7.82. The predicted octanol–water partition coefficient (Wildman–Crippen LogP) is 5.33. The molecule has 0 saturated carbocycles. The van der Waals surface area contributed by atoms with Crippen LogP contribution in [0.5, 0.6) is 11.5 Å². The number of rotatable bonds is 6. The lowest BCUT2D eigenvalue weighted by molar-refractivity contribution is 0.438. The normalized spacial score (nSPS) is 15.2. The highest BCUT2D eigenvalue weighted by Crippen LogP contribution is 2.59. The Balaban J connectivity index is 1.63. The van der Waals surface area contributed by atoms with E-state index in [2.05, 4.69) is 20.5 Å². The van der Waals surface area contributed by atoms with E-state index in [-0.39, 0.29) is 11.5 Å². The van der Waals surface area contributed by atoms with E-state index in [0.29, 0.717) is 0 Å². The molecule has 0 unspecified atom stereocenters. The SMILES string of the molecule is O=S(=O)(F)Oc1ccc(C2(c3ccc(OS(=O)(=O)F)cc3)c3cccc4c3-c3c(cccc32)CC4)cc1. The molecule has 6 nitrogen and oxygen atoms in total. The van der Waals surface area contributed by atoms with Gasteiger partial charge in [0, 0.05) is 0 Å². The summed E-state index contributed by atoms with van der Waals surface area (Å²) in [6.07, 6.45) is 1.75. The highest BCUT2D eigenvalue weighted by Gasteiger charge is 2.48. The molecule has 0 spiro atoms. The van der Waals surface area contributed by atoms with E-state index in [0.717, 1.165) is 46.2 Å². The minimum atomic E-state index is -5.19. The summed E-state index contributed by atoms with van der Waals surface area (Å²) in [6, 6.07) is 24.4. The van der Waals surface area contributed by atoms with E-state index >= 15 is 0 Å². The maximum Gasteiger partial charge on any atom is 0.488 e. The maximum absolute atomic E-state index is 13.1. The van der Waals surface area contributed by atoms with Crippen molar-refractivity contribution in [3.05, 3.63) is 118 Å². The Hall–Kier alpha value is -3.76. The first-order valence-electron chi connectivity index (χ1n) is 11.3. The molecule has 188 valence electrons. The fourth-order valence-electron chi connectivity index (χ4n) is 5.79. The van der Waals surface area contributed by atoms with Crippen molar-refractivity contribution < 1.29 is 33.0 Å². The van der Waals surface area contributed by atoms with Crippen molar-refractivity contribution in [3.63, 3.8) is 0 Å². The zero-order valence-corrected chi connectivity index (χ0v) is 20.7. The summed E-state index contributed by atoms with van der Waals surface area (Å²) >= 11 is 0. The molecule has 6 rings (SSSR count). The molecular weight excluding hydrogens is 522 g/mol. The van der Waals surface area contributed by atoms with Gasteiger partial charge in [0.1, 0.15) is 11.5 Å². The van der Waals surface area contributed by atoms with Crippen LogP contribution in [0.25, 0.3) is 11.1 Å². The number of benzene rings is 4. The van der Waals surface area contributed by atoms with Crippen LogP contribution in [0.1, 0.15) is 33.4 Å². The second-order valence-corrected chi connectivity index (χ2v) is 10.8. The van der Waals surface area contributed by atoms with Crippen LogP contribution in [0.15, 0.2) is 84.9 Å². The van der Waals surface area contributed by atoms with Crippen molar-refractivity contribution in [2.45, 2.75) is 18.3 Å². The summed E-state index contributed by atoms with van der Waals surface area (Å²) in [4.78, 5) is 0. The van der Waals surface area contributed by atoms with Gasteiger partial charge in [0.2, 0.25) is 0 Å². The minimum absolute atomic E-state index is 0.177. The van der Waals surface area contributed by atoms with Crippen LogP contribution in [-0.2, 0) is 39.3 Å². The average molecular weight is 541 g/mol. The molecule has 0 aliphatic heterocycles. The third-order valence-corrected chi connectivity index (χ3v) is 7.77. The van der Waals surface area contributed by atoms with Gasteiger partial charge >= 0.3 is 21.0 Å². The van der Waals surface area contributed by atoms with Crippen molar-refractivity contribution in [2.24, 2.45) is 0 Å². The zero-order valence-electron chi connectivity index (χ0n) is 19.0. The summed E-state index contributed by atoms with van der Waals surface area (Å²) < 4.78 is 79.1. The van der Waals surface area contributed by atoms with Crippen molar-refractivity contribution in [2.75, 3.05) is 0 Å². The molecule has 2 aliphatic carbocycles.